The van der Waals surface area contributed by atoms with Crippen LogP contribution in [0.15, 0.2) is 48.5 Å². The van der Waals surface area contributed by atoms with Crippen molar-refractivity contribution in [2.45, 2.75) is 44.3 Å². The van der Waals surface area contributed by atoms with Gasteiger partial charge in [-0.3, -0.25) is 14.6 Å². The number of nitrogens with zero attached hydrogens (tertiary/aromatic N) is 2. The Morgan fingerprint density at radius 1 is 1.03 bits per heavy atom. The van der Waals surface area contributed by atoms with Gasteiger partial charge in [-0.05, 0) is 49.4 Å². The average Bonchev–Trinajstić information content (AvgIpc) is 2.81. The molecule has 2 aliphatic rings. The summed E-state index contributed by atoms with van der Waals surface area (Å²) in [6.07, 6.45) is 4.36. The fourth-order valence-corrected chi connectivity index (χ4v) is 4.83. The van der Waals surface area contributed by atoms with Gasteiger partial charge in [0.25, 0.3) is 5.91 Å². The third-order valence-electron chi connectivity index (χ3n) is 6.70. The first-order valence-electron chi connectivity index (χ1n) is 11.4. The number of piperazine rings is 1. The number of ether oxygens (including phenoxy) is 1. The van der Waals surface area contributed by atoms with Crippen molar-refractivity contribution >= 4 is 11.6 Å². The molecular weight excluding hydrogens is 388 g/mol. The second-order valence-electron chi connectivity index (χ2n) is 8.73. The second-order valence-corrected chi connectivity index (χ2v) is 8.73. The van der Waals surface area contributed by atoms with Crippen molar-refractivity contribution in [2.24, 2.45) is 0 Å². The standard InChI is InChI=1S/C25H34N4O2/c1-31-24-17-20(7-12-23(24)26)25(30)27-21-8-10-22(11-9-21)29-15-13-28(14-16-29)18-19-5-3-2-4-6-19/h2-7,12,17,21-22H,8-11,13-16,18,26H2,1H3,(H,27,30)/t21-,22+. The van der Waals surface area contributed by atoms with Gasteiger partial charge >= 0.3 is 0 Å². The van der Waals surface area contributed by atoms with Gasteiger partial charge in [-0.2, -0.15) is 0 Å². The number of amides is 1. The number of methoxy groups -OCH3 is 1. The lowest BCUT2D eigenvalue weighted by Gasteiger charge is -2.42. The van der Waals surface area contributed by atoms with Crippen LogP contribution in [0.5, 0.6) is 5.75 Å². The quantitative estimate of drug-likeness (QED) is 0.700. The Morgan fingerprint density at radius 2 is 1.74 bits per heavy atom. The molecule has 0 bridgehead atoms. The van der Waals surface area contributed by atoms with Crippen LogP contribution in [0.1, 0.15) is 41.6 Å². The predicted molar refractivity (Wildman–Crippen MR) is 124 cm³/mol. The van der Waals surface area contributed by atoms with E-state index in [9.17, 15) is 4.79 Å². The normalized spacial score (nSPS) is 22.7. The Balaban J connectivity index is 1.21. The highest BCUT2D eigenvalue weighted by atomic mass is 16.5. The Hall–Kier alpha value is -2.57. The van der Waals surface area contributed by atoms with Gasteiger partial charge in [0, 0.05) is 50.4 Å². The maximum absolute atomic E-state index is 12.6. The molecule has 2 aromatic rings. The summed E-state index contributed by atoms with van der Waals surface area (Å²) in [5.74, 6) is 0.499. The number of benzene rings is 2. The molecule has 6 nitrogen and oxygen atoms in total. The zero-order chi connectivity index (χ0) is 21.6. The first kappa shape index (κ1) is 21.7. The second kappa shape index (κ2) is 10.2. The van der Waals surface area contributed by atoms with Crippen LogP contribution in [0, 0.1) is 0 Å². The first-order chi connectivity index (χ1) is 15.1. The number of carbonyl (C=O) groups is 1. The van der Waals surface area contributed by atoms with E-state index >= 15 is 0 Å². The minimum absolute atomic E-state index is 0.0451. The monoisotopic (exact) mass is 422 g/mol. The van der Waals surface area contributed by atoms with E-state index in [-0.39, 0.29) is 11.9 Å². The summed E-state index contributed by atoms with van der Waals surface area (Å²) >= 11 is 0. The lowest BCUT2D eigenvalue weighted by Crippen LogP contribution is -2.52. The van der Waals surface area contributed by atoms with Gasteiger partial charge in [0.1, 0.15) is 5.75 Å². The maximum atomic E-state index is 12.6. The van der Waals surface area contributed by atoms with E-state index in [1.54, 1.807) is 25.3 Å². The van der Waals surface area contributed by atoms with Gasteiger partial charge in [0.15, 0.2) is 0 Å². The molecule has 166 valence electrons. The van der Waals surface area contributed by atoms with Crippen molar-refractivity contribution < 1.29 is 9.53 Å². The molecule has 0 unspecified atom stereocenters. The molecule has 1 aliphatic carbocycles. The minimum Gasteiger partial charge on any atom is -0.495 e. The summed E-state index contributed by atoms with van der Waals surface area (Å²) in [5, 5.41) is 3.20. The number of hydrogen-bond acceptors (Lipinski definition) is 5. The SMILES string of the molecule is COc1cc(C(=O)N[C@H]2CC[C@@H](N3CCN(Cc4ccccc4)CC3)CC2)ccc1N. The van der Waals surface area contributed by atoms with Crippen molar-refractivity contribution in [3.05, 3.63) is 59.7 Å². The number of nitrogen functional groups attached to an aromatic ring is 1. The highest BCUT2D eigenvalue weighted by molar-refractivity contribution is 5.95. The summed E-state index contributed by atoms with van der Waals surface area (Å²) in [6.45, 7) is 5.58. The van der Waals surface area contributed by atoms with Crippen LogP contribution in [-0.2, 0) is 6.54 Å². The Bertz CT molecular complexity index is 857. The van der Waals surface area contributed by atoms with Gasteiger partial charge in [0.2, 0.25) is 0 Å². The predicted octanol–water partition coefficient (Wildman–Crippen LogP) is 3.14. The summed E-state index contributed by atoms with van der Waals surface area (Å²) in [5.41, 5.74) is 8.39. The Kier molecular flexibility index (Phi) is 7.10. The van der Waals surface area contributed by atoms with E-state index in [2.05, 4.69) is 45.4 Å². The average molecular weight is 423 g/mol. The van der Waals surface area contributed by atoms with Crippen LogP contribution in [0.25, 0.3) is 0 Å². The van der Waals surface area contributed by atoms with Crippen LogP contribution in [0.2, 0.25) is 0 Å². The lowest BCUT2D eigenvalue weighted by atomic mass is 9.89. The van der Waals surface area contributed by atoms with E-state index in [0.717, 1.165) is 58.4 Å². The Labute approximate surface area is 185 Å². The van der Waals surface area contributed by atoms with E-state index < -0.39 is 0 Å². The summed E-state index contributed by atoms with van der Waals surface area (Å²) in [6, 6.07) is 16.8. The number of hydrogen-bond donors (Lipinski definition) is 2. The fraction of sp³-hybridized carbons (Fsp3) is 0.480. The smallest absolute Gasteiger partial charge is 0.251 e. The molecule has 0 aromatic heterocycles. The van der Waals surface area contributed by atoms with Gasteiger partial charge in [-0.1, -0.05) is 30.3 Å². The fourth-order valence-electron chi connectivity index (χ4n) is 4.83. The maximum Gasteiger partial charge on any atom is 0.251 e. The van der Waals surface area contributed by atoms with Gasteiger partial charge in [-0.25, -0.2) is 0 Å². The topological polar surface area (TPSA) is 70.8 Å². The Morgan fingerprint density at radius 3 is 2.42 bits per heavy atom. The van der Waals surface area contributed by atoms with Gasteiger partial charge in [-0.15, -0.1) is 0 Å². The zero-order valence-electron chi connectivity index (χ0n) is 18.4. The van der Waals surface area contributed by atoms with Crippen molar-refractivity contribution in [3.8, 4) is 5.75 Å². The molecule has 2 fully saturated rings. The van der Waals surface area contributed by atoms with Crippen molar-refractivity contribution in [2.75, 3.05) is 39.0 Å². The molecule has 0 spiro atoms. The number of carbonyl (C=O) groups excluding carboxylic acids is 1. The number of nitrogens with two attached hydrogens (primary N) is 1. The summed E-state index contributed by atoms with van der Waals surface area (Å²) in [7, 11) is 1.57. The molecule has 1 saturated carbocycles. The van der Waals surface area contributed by atoms with Crippen molar-refractivity contribution in [3.63, 3.8) is 0 Å². The van der Waals surface area contributed by atoms with Gasteiger partial charge in [0.05, 0.1) is 12.8 Å². The van der Waals surface area contributed by atoms with E-state index in [1.165, 1.54) is 5.56 Å². The molecule has 6 heteroatoms. The molecule has 1 heterocycles. The largest absolute Gasteiger partial charge is 0.495 e. The molecule has 0 radical (unpaired) electrons. The number of nitrogens with one attached hydrogen (secondary N) is 1. The molecule has 4 rings (SSSR count). The molecule has 1 saturated heterocycles. The van der Waals surface area contributed by atoms with Gasteiger partial charge < -0.3 is 15.8 Å². The molecule has 31 heavy (non-hydrogen) atoms. The zero-order valence-corrected chi connectivity index (χ0v) is 18.4. The first-order valence-corrected chi connectivity index (χ1v) is 11.4. The summed E-state index contributed by atoms with van der Waals surface area (Å²) < 4.78 is 5.23. The van der Waals surface area contributed by atoms with E-state index in [0.29, 0.717) is 23.0 Å². The molecule has 1 amide bonds. The summed E-state index contributed by atoms with van der Waals surface area (Å²) in [4.78, 5) is 17.8. The molecule has 3 N–H and O–H groups in total. The number of rotatable bonds is 6. The van der Waals surface area contributed by atoms with Crippen molar-refractivity contribution in [1.29, 1.82) is 0 Å². The van der Waals surface area contributed by atoms with E-state index in [1.807, 2.05) is 0 Å². The van der Waals surface area contributed by atoms with Crippen LogP contribution in [-0.4, -0.2) is 61.1 Å². The highest BCUT2D eigenvalue weighted by Gasteiger charge is 2.29. The molecular formula is C25H34N4O2. The molecule has 1 aliphatic heterocycles. The lowest BCUT2D eigenvalue weighted by molar-refractivity contribution is 0.0683. The molecule has 0 atom stereocenters. The van der Waals surface area contributed by atoms with Crippen molar-refractivity contribution in [1.82, 2.24) is 15.1 Å². The third kappa shape index (κ3) is 5.57. The highest BCUT2D eigenvalue weighted by Crippen LogP contribution is 2.26. The number of anilines is 1. The van der Waals surface area contributed by atoms with Crippen LogP contribution in [0.3, 0.4) is 0 Å². The third-order valence-corrected chi connectivity index (χ3v) is 6.70. The van der Waals surface area contributed by atoms with Crippen LogP contribution >= 0.6 is 0 Å². The molecule has 2 aromatic carbocycles. The van der Waals surface area contributed by atoms with Crippen LogP contribution < -0.4 is 15.8 Å². The van der Waals surface area contributed by atoms with E-state index in [4.69, 9.17) is 10.5 Å². The minimum atomic E-state index is -0.0451. The van der Waals surface area contributed by atoms with Crippen LogP contribution in [0.4, 0.5) is 5.69 Å².